The molecule has 2 N–H and O–H groups in total. The first kappa shape index (κ1) is 15.0. The molecule has 0 saturated heterocycles. The Morgan fingerprint density at radius 3 is 2.52 bits per heavy atom. The molecular formula is C16H15F2NO2. The number of benzene rings is 2. The number of aromatic hydroxyl groups is 1. The van der Waals surface area contributed by atoms with Crippen molar-refractivity contribution in [1.29, 1.82) is 0 Å². The minimum Gasteiger partial charge on any atom is -0.507 e. The Labute approximate surface area is 121 Å². The maximum atomic E-state index is 13.2. The van der Waals surface area contributed by atoms with Crippen molar-refractivity contribution in [3.63, 3.8) is 0 Å². The zero-order chi connectivity index (χ0) is 15.6. The Hall–Kier alpha value is -2.43. The number of amides is 1. The highest BCUT2D eigenvalue weighted by molar-refractivity contribution is 5.97. The Bertz CT molecular complexity index is 686. The van der Waals surface area contributed by atoms with Crippen LogP contribution >= 0.6 is 0 Å². The van der Waals surface area contributed by atoms with Crippen molar-refractivity contribution < 1.29 is 18.7 Å². The summed E-state index contributed by atoms with van der Waals surface area (Å²) in [5, 5.41) is 12.3. The Kier molecular flexibility index (Phi) is 4.21. The maximum absolute atomic E-state index is 13.2. The molecule has 0 aliphatic carbocycles. The summed E-state index contributed by atoms with van der Waals surface area (Å²) in [5.74, 6) is -2.51. The van der Waals surface area contributed by atoms with Gasteiger partial charge >= 0.3 is 0 Å². The molecule has 21 heavy (non-hydrogen) atoms. The van der Waals surface area contributed by atoms with E-state index in [-0.39, 0.29) is 11.3 Å². The molecule has 5 heteroatoms. The van der Waals surface area contributed by atoms with Gasteiger partial charge in [-0.05, 0) is 43.7 Å². The van der Waals surface area contributed by atoms with E-state index in [0.717, 1.165) is 17.7 Å². The second-order valence-electron chi connectivity index (χ2n) is 4.89. The van der Waals surface area contributed by atoms with Crippen LogP contribution in [0.4, 0.5) is 8.78 Å². The number of phenols is 1. The highest BCUT2D eigenvalue weighted by Gasteiger charge is 2.16. The van der Waals surface area contributed by atoms with Crippen LogP contribution in [0.15, 0.2) is 36.4 Å². The number of rotatable bonds is 3. The predicted molar refractivity (Wildman–Crippen MR) is 75.1 cm³/mol. The van der Waals surface area contributed by atoms with Crippen LogP contribution in [0.3, 0.4) is 0 Å². The van der Waals surface area contributed by atoms with Crippen LogP contribution in [0.25, 0.3) is 0 Å². The molecule has 0 saturated carbocycles. The lowest BCUT2D eigenvalue weighted by atomic mass is 10.1. The van der Waals surface area contributed by atoms with E-state index in [1.807, 2.05) is 0 Å². The zero-order valence-electron chi connectivity index (χ0n) is 11.7. The number of nitrogens with one attached hydrogen (secondary N) is 1. The summed E-state index contributed by atoms with van der Waals surface area (Å²) in [6, 6.07) is 7.61. The smallest absolute Gasteiger partial charge is 0.255 e. The molecule has 2 aromatic rings. The summed E-state index contributed by atoms with van der Waals surface area (Å²) in [5.41, 5.74) is 1.41. The third-order valence-corrected chi connectivity index (χ3v) is 3.19. The summed E-state index contributed by atoms with van der Waals surface area (Å²) in [6.07, 6.45) is 0. The number of hydrogen-bond donors (Lipinski definition) is 2. The summed E-state index contributed by atoms with van der Waals surface area (Å²) in [6.45, 7) is 3.45. The number of halogens is 2. The molecule has 1 atom stereocenters. The Morgan fingerprint density at radius 2 is 1.86 bits per heavy atom. The molecular weight excluding hydrogens is 276 g/mol. The largest absolute Gasteiger partial charge is 0.507 e. The topological polar surface area (TPSA) is 49.3 Å². The fourth-order valence-electron chi connectivity index (χ4n) is 1.97. The molecule has 0 bridgehead atoms. The van der Waals surface area contributed by atoms with Crippen molar-refractivity contribution in [2.45, 2.75) is 19.9 Å². The van der Waals surface area contributed by atoms with Crippen molar-refractivity contribution >= 4 is 5.91 Å². The first-order chi connectivity index (χ1) is 9.88. The predicted octanol–water partition coefficient (Wildman–Crippen LogP) is 3.47. The molecule has 3 nitrogen and oxygen atoms in total. The van der Waals surface area contributed by atoms with E-state index in [1.165, 1.54) is 12.1 Å². The van der Waals surface area contributed by atoms with E-state index in [1.54, 1.807) is 26.0 Å². The molecule has 1 amide bonds. The molecule has 0 aromatic heterocycles. The molecule has 0 unspecified atom stereocenters. The summed E-state index contributed by atoms with van der Waals surface area (Å²) >= 11 is 0. The van der Waals surface area contributed by atoms with Gasteiger partial charge in [-0.3, -0.25) is 4.79 Å². The third kappa shape index (κ3) is 3.37. The average Bonchev–Trinajstić information content (AvgIpc) is 2.44. The van der Waals surface area contributed by atoms with E-state index < -0.39 is 23.6 Å². The standard InChI is InChI=1S/C16H15F2NO2/c1-9-3-6-15(20)12(7-9)16(21)19-10(2)11-4-5-13(17)14(18)8-11/h3-8,10,20H,1-2H3,(H,19,21)/t10-/m0/s1. The van der Waals surface area contributed by atoms with Gasteiger partial charge in [0.05, 0.1) is 11.6 Å². The van der Waals surface area contributed by atoms with Crippen molar-refractivity contribution in [3.05, 3.63) is 64.7 Å². The third-order valence-electron chi connectivity index (χ3n) is 3.19. The SMILES string of the molecule is Cc1ccc(O)c(C(=O)N[C@@H](C)c2ccc(F)c(F)c2)c1. The molecule has 2 rings (SSSR count). The first-order valence-electron chi connectivity index (χ1n) is 6.44. The average molecular weight is 291 g/mol. The lowest BCUT2D eigenvalue weighted by Gasteiger charge is -2.15. The van der Waals surface area contributed by atoms with Crippen LogP contribution in [0.1, 0.15) is 34.5 Å². The molecule has 0 fully saturated rings. The van der Waals surface area contributed by atoms with Crippen LogP contribution in [-0.4, -0.2) is 11.0 Å². The van der Waals surface area contributed by atoms with Gasteiger partial charge in [0.2, 0.25) is 0 Å². The molecule has 2 aromatic carbocycles. The van der Waals surface area contributed by atoms with Crippen LogP contribution in [-0.2, 0) is 0 Å². The molecule has 0 aliphatic heterocycles. The lowest BCUT2D eigenvalue weighted by molar-refractivity contribution is 0.0937. The van der Waals surface area contributed by atoms with Crippen LogP contribution in [0, 0.1) is 18.6 Å². The van der Waals surface area contributed by atoms with Gasteiger partial charge < -0.3 is 10.4 Å². The van der Waals surface area contributed by atoms with E-state index in [0.29, 0.717) is 5.56 Å². The number of phenolic OH excluding ortho intramolecular Hbond substituents is 1. The zero-order valence-corrected chi connectivity index (χ0v) is 11.7. The van der Waals surface area contributed by atoms with Gasteiger partial charge in [-0.15, -0.1) is 0 Å². The minimum atomic E-state index is -0.966. The number of aryl methyl sites for hydroxylation is 1. The number of hydrogen-bond acceptors (Lipinski definition) is 2. The highest BCUT2D eigenvalue weighted by atomic mass is 19.2. The molecule has 0 radical (unpaired) electrons. The maximum Gasteiger partial charge on any atom is 0.255 e. The van der Waals surface area contributed by atoms with E-state index in [4.69, 9.17) is 0 Å². The number of carbonyl (C=O) groups excluding carboxylic acids is 1. The minimum absolute atomic E-state index is 0.129. The first-order valence-corrected chi connectivity index (χ1v) is 6.44. The van der Waals surface area contributed by atoms with E-state index in [2.05, 4.69) is 5.32 Å². The van der Waals surface area contributed by atoms with Crippen LogP contribution < -0.4 is 5.32 Å². The van der Waals surface area contributed by atoms with Crippen molar-refractivity contribution in [2.75, 3.05) is 0 Å². The quantitative estimate of drug-likeness (QED) is 0.909. The normalized spacial score (nSPS) is 12.0. The number of carbonyl (C=O) groups is 1. The van der Waals surface area contributed by atoms with Gasteiger partial charge in [0.15, 0.2) is 11.6 Å². The van der Waals surface area contributed by atoms with Gasteiger partial charge in [-0.25, -0.2) is 8.78 Å². The van der Waals surface area contributed by atoms with E-state index in [9.17, 15) is 18.7 Å². The second-order valence-corrected chi connectivity index (χ2v) is 4.89. The highest BCUT2D eigenvalue weighted by Crippen LogP contribution is 2.21. The fraction of sp³-hybridized carbons (Fsp3) is 0.188. The second kappa shape index (κ2) is 5.91. The van der Waals surface area contributed by atoms with Gasteiger partial charge in [-0.1, -0.05) is 17.7 Å². The van der Waals surface area contributed by atoms with Crippen molar-refractivity contribution in [1.82, 2.24) is 5.32 Å². The monoisotopic (exact) mass is 291 g/mol. The van der Waals surface area contributed by atoms with E-state index >= 15 is 0 Å². The molecule has 0 aliphatic rings. The molecule has 0 spiro atoms. The van der Waals surface area contributed by atoms with Crippen molar-refractivity contribution in [2.24, 2.45) is 0 Å². The van der Waals surface area contributed by atoms with Gasteiger partial charge in [0, 0.05) is 0 Å². The lowest BCUT2D eigenvalue weighted by Crippen LogP contribution is -2.26. The Balaban J connectivity index is 2.18. The van der Waals surface area contributed by atoms with Crippen LogP contribution in [0.5, 0.6) is 5.75 Å². The van der Waals surface area contributed by atoms with Crippen molar-refractivity contribution in [3.8, 4) is 5.75 Å². The van der Waals surface area contributed by atoms with Crippen LogP contribution in [0.2, 0.25) is 0 Å². The summed E-state index contributed by atoms with van der Waals surface area (Å²) in [4.78, 5) is 12.1. The summed E-state index contributed by atoms with van der Waals surface area (Å²) in [7, 11) is 0. The summed E-state index contributed by atoms with van der Waals surface area (Å²) < 4.78 is 26.1. The van der Waals surface area contributed by atoms with Gasteiger partial charge in [-0.2, -0.15) is 0 Å². The fourth-order valence-corrected chi connectivity index (χ4v) is 1.97. The Morgan fingerprint density at radius 1 is 1.14 bits per heavy atom. The molecule has 0 heterocycles. The van der Waals surface area contributed by atoms with Gasteiger partial charge in [0.1, 0.15) is 5.75 Å². The molecule has 110 valence electrons. The van der Waals surface area contributed by atoms with Gasteiger partial charge in [0.25, 0.3) is 5.91 Å².